The quantitative estimate of drug-likeness (QED) is 0.649. The molecule has 0 aliphatic heterocycles. The molecule has 6 nitrogen and oxygen atoms in total. The lowest BCUT2D eigenvalue weighted by Gasteiger charge is -2.19. The molecule has 0 unspecified atom stereocenters. The van der Waals surface area contributed by atoms with Crippen molar-refractivity contribution in [1.82, 2.24) is 5.32 Å². The number of benzene rings is 2. The van der Waals surface area contributed by atoms with Crippen molar-refractivity contribution in [2.24, 2.45) is 0 Å². The van der Waals surface area contributed by atoms with Gasteiger partial charge in [0.25, 0.3) is 0 Å². The molecule has 0 fully saturated rings. The Hall–Kier alpha value is -3.20. The van der Waals surface area contributed by atoms with E-state index in [0.29, 0.717) is 31.3 Å². The third-order valence-electron chi connectivity index (χ3n) is 4.29. The molecule has 6 heteroatoms. The third-order valence-corrected chi connectivity index (χ3v) is 4.29. The second-order valence-corrected chi connectivity index (χ2v) is 7.57. The fourth-order valence-corrected chi connectivity index (χ4v) is 2.64. The van der Waals surface area contributed by atoms with Gasteiger partial charge in [0.15, 0.2) is 11.5 Å². The van der Waals surface area contributed by atoms with Crippen molar-refractivity contribution in [3.05, 3.63) is 53.6 Å². The number of hydrogen-bond acceptors (Lipinski definition) is 5. The van der Waals surface area contributed by atoms with Gasteiger partial charge in [-0.3, -0.25) is 4.79 Å². The van der Waals surface area contributed by atoms with E-state index in [0.717, 1.165) is 11.3 Å². The molecule has 1 N–H and O–H groups in total. The molecule has 29 heavy (non-hydrogen) atoms. The molecule has 2 rings (SSSR count). The Morgan fingerprint density at radius 3 is 2.34 bits per heavy atom. The van der Waals surface area contributed by atoms with Gasteiger partial charge in [-0.2, -0.15) is 5.26 Å². The number of nitrogens with one attached hydrogen (secondary N) is 1. The van der Waals surface area contributed by atoms with Crippen LogP contribution in [0.3, 0.4) is 0 Å². The molecule has 0 aromatic heterocycles. The number of rotatable bonds is 9. The Morgan fingerprint density at radius 2 is 1.72 bits per heavy atom. The van der Waals surface area contributed by atoms with Gasteiger partial charge in [0, 0.05) is 6.54 Å². The van der Waals surface area contributed by atoms with Gasteiger partial charge in [-0.15, -0.1) is 0 Å². The van der Waals surface area contributed by atoms with Crippen molar-refractivity contribution in [2.45, 2.75) is 39.2 Å². The monoisotopic (exact) mass is 396 g/mol. The van der Waals surface area contributed by atoms with Gasteiger partial charge >= 0.3 is 0 Å². The van der Waals surface area contributed by atoms with E-state index in [9.17, 15) is 4.79 Å². The first-order valence-electron chi connectivity index (χ1n) is 9.50. The van der Waals surface area contributed by atoms with E-state index in [1.165, 1.54) is 5.56 Å². The lowest BCUT2D eigenvalue weighted by Crippen LogP contribution is -2.21. The predicted molar refractivity (Wildman–Crippen MR) is 111 cm³/mol. The summed E-state index contributed by atoms with van der Waals surface area (Å²) in [5.41, 5.74) is 2.22. The van der Waals surface area contributed by atoms with Crippen LogP contribution in [0.25, 0.3) is 0 Å². The highest BCUT2D eigenvalue weighted by atomic mass is 16.5. The summed E-state index contributed by atoms with van der Waals surface area (Å²) in [6, 6.07) is 15.3. The summed E-state index contributed by atoms with van der Waals surface area (Å²) in [7, 11) is 1.57. The number of amides is 1. The highest BCUT2D eigenvalue weighted by Gasteiger charge is 2.13. The van der Waals surface area contributed by atoms with Crippen LogP contribution < -0.4 is 19.5 Å². The normalized spacial score (nSPS) is 10.7. The molecule has 0 saturated carbocycles. The van der Waals surface area contributed by atoms with Gasteiger partial charge in [-0.1, -0.05) is 39.0 Å². The molecule has 0 radical (unpaired) electrons. The van der Waals surface area contributed by atoms with E-state index in [2.05, 4.69) is 38.2 Å². The summed E-state index contributed by atoms with van der Waals surface area (Å²) in [5.74, 6) is 1.66. The van der Waals surface area contributed by atoms with Crippen molar-refractivity contribution >= 4 is 5.91 Å². The second-order valence-electron chi connectivity index (χ2n) is 7.57. The molecular weight excluding hydrogens is 368 g/mol. The molecule has 2 aromatic carbocycles. The zero-order valence-corrected chi connectivity index (χ0v) is 17.5. The van der Waals surface area contributed by atoms with Gasteiger partial charge in [0.05, 0.1) is 13.2 Å². The highest BCUT2D eigenvalue weighted by molar-refractivity contribution is 5.77. The van der Waals surface area contributed by atoms with Crippen LogP contribution in [0.5, 0.6) is 17.2 Å². The number of methoxy groups -OCH3 is 1. The van der Waals surface area contributed by atoms with Crippen LogP contribution in [0.15, 0.2) is 42.5 Å². The van der Waals surface area contributed by atoms with Gasteiger partial charge in [0.1, 0.15) is 25.4 Å². The molecule has 0 bridgehead atoms. The lowest BCUT2D eigenvalue weighted by molar-refractivity contribution is -0.120. The Labute approximate surface area is 172 Å². The molecule has 1 amide bonds. The van der Waals surface area contributed by atoms with Gasteiger partial charge in [-0.25, -0.2) is 0 Å². The lowest BCUT2D eigenvalue weighted by atomic mass is 9.87. The molecule has 0 aliphatic rings. The van der Waals surface area contributed by atoms with Gasteiger partial charge < -0.3 is 19.5 Å². The van der Waals surface area contributed by atoms with Crippen molar-refractivity contribution in [3.8, 4) is 23.3 Å². The first kappa shape index (κ1) is 22.1. The summed E-state index contributed by atoms with van der Waals surface area (Å²) in [6.07, 6.45) is -0.159. The van der Waals surface area contributed by atoms with Crippen LogP contribution in [-0.4, -0.2) is 26.2 Å². The minimum absolute atomic E-state index is 0.108. The predicted octanol–water partition coefficient (Wildman–Crippen LogP) is 3.98. The average Bonchev–Trinajstić information content (AvgIpc) is 2.69. The number of ether oxygens (including phenoxy) is 3. The van der Waals surface area contributed by atoms with Crippen molar-refractivity contribution in [1.29, 1.82) is 5.26 Å². The van der Waals surface area contributed by atoms with Crippen LogP contribution in [0, 0.1) is 11.3 Å². The maximum absolute atomic E-state index is 11.4. The second kappa shape index (κ2) is 10.4. The molecule has 0 saturated heterocycles. The average molecular weight is 396 g/mol. The maximum Gasteiger partial charge on any atom is 0.234 e. The Morgan fingerprint density at radius 1 is 1.03 bits per heavy atom. The van der Waals surface area contributed by atoms with E-state index in [1.807, 2.05) is 30.3 Å². The molecule has 0 spiro atoms. The highest BCUT2D eigenvalue weighted by Crippen LogP contribution is 2.28. The van der Waals surface area contributed by atoms with E-state index in [4.69, 9.17) is 19.5 Å². The molecule has 0 aliphatic carbocycles. The zero-order chi connectivity index (χ0) is 21.3. The molecule has 2 aromatic rings. The molecule has 0 atom stereocenters. The Bertz CT molecular complexity index is 849. The number of hydrogen-bond donors (Lipinski definition) is 1. The number of carbonyl (C=O) groups is 1. The topological polar surface area (TPSA) is 80.6 Å². The first-order valence-corrected chi connectivity index (χ1v) is 9.50. The van der Waals surface area contributed by atoms with Crippen LogP contribution in [0.2, 0.25) is 0 Å². The largest absolute Gasteiger partial charge is 0.493 e. The van der Waals surface area contributed by atoms with E-state index in [1.54, 1.807) is 13.2 Å². The molecule has 154 valence electrons. The minimum Gasteiger partial charge on any atom is -0.493 e. The number of nitriles is 1. The third kappa shape index (κ3) is 7.04. The van der Waals surface area contributed by atoms with Crippen molar-refractivity contribution in [2.75, 3.05) is 20.3 Å². The van der Waals surface area contributed by atoms with Gasteiger partial charge in [0.2, 0.25) is 5.91 Å². The van der Waals surface area contributed by atoms with E-state index >= 15 is 0 Å². The Kier molecular flexibility index (Phi) is 7.90. The van der Waals surface area contributed by atoms with Crippen LogP contribution in [0.4, 0.5) is 0 Å². The summed E-state index contributed by atoms with van der Waals surface area (Å²) in [4.78, 5) is 11.4. The smallest absolute Gasteiger partial charge is 0.234 e. The van der Waals surface area contributed by atoms with E-state index in [-0.39, 0.29) is 17.7 Å². The van der Waals surface area contributed by atoms with Crippen LogP contribution in [0.1, 0.15) is 38.3 Å². The number of nitrogens with zero attached hydrogens (tertiary/aromatic N) is 1. The molecule has 0 heterocycles. The fraction of sp³-hybridized carbons (Fsp3) is 0.391. The Balaban J connectivity index is 1.88. The van der Waals surface area contributed by atoms with Crippen LogP contribution >= 0.6 is 0 Å². The standard InChI is InChI=1S/C23H28N2O4/c1-23(2,3)18-6-8-19(9-7-18)28-13-14-29-21-15-17(5-10-20(21)27-4)16-25-22(26)11-12-24/h5-10,15H,11,13-14,16H2,1-4H3,(H,25,26). The summed E-state index contributed by atoms with van der Waals surface area (Å²) in [5, 5.41) is 11.2. The zero-order valence-electron chi connectivity index (χ0n) is 17.5. The molecular formula is C23H28N2O4. The van der Waals surface area contributed by atoms with Crippen LogP contribution in [-0.2, 0) is 16.8 Å². The first-order chi connectivity index (χ1) is 13.8. The maximum atomic E-state index is 11.4. The van der Waals surface area contributed by atoms with Crippen molar-refractivity contribution < 1.29 is 19.0 Å². The fourth-order valence-electron chi connectivity index (χ4n) is 2.64. The van der Waals surface area contributed by atoms with Crippen molar-refractivity contribution in [3.63, 3.8) is 0 Å². The summed E-state index contributed by atoms with van der Waals surface area (Å²) >= 11 is 0. The summed E-state index contributed by atoms with van der Waals surface area (Å²) in [6.45, 7) is 7.58. The summed E-state index contributed by atoms with van der Waals surface area (Å²) < 4.78 is 16.9. The van der Waals surface area contributed by atoms with E-state index < -0.39 is 0 Å². The van der Waals surface area contributed by atoms with Gasteiger partial charge in [-0.05, 0) is 40.8 Å². The minimum atomic E-state index is -0.309. The SMILES string of the molecule is COc1ccc(CNC(=O)CC#N)cc1OCCOc1ccc(C(C)(C)C)cc1. The number of carbonyl (C=O) groups excluding carboxylic acids is 1.